The molecule has 4 rings (SSSR count). The zero-order chi connectivity index (χ0) is 21.5. The average Bonchev–Trinajstić information content (AvgIpc) is 2.82. The van der Waals surface area contributed by atoms with Crippen LogP contribution in [0.25, 0.3) is 0 Å². The number of thiocarbonyl (C=S) groups is 1. The van der Waals surface area contributed by atoms with Crippen molar-refractivity contribution in [2.45, 2.75) is 25.2 Å². The Morgan fingerprint density at radius 2 is 1.68 bits per heavy atom. The van der Waals surface area contributed by atoms with E-state index in [0.29, 0.717) is 5.11 Å². The normalized spacial score (nSPS) is 15.1. The first kappa shape index (κ1) is 21.3. The molecular formula is C25H28N4OS. The van der Waals surface area contributed by atoms with Gasteiger partial charge in [-0.2, -0.15) is 0 Å². The highest BCUT2D eigenvalue weighted by Crippen LogP contribution is 2.34. The quantitative estimate of drug-likeness (QED) is 0.467. The summed E-state index contributed by atoms with van der Waals surface area (Å²) < 4.78 is 5.62. The van der Waals surface area contributed by atoms with Gasteiger partial charge in [0.1, 0.15) is 5.82 Å². The van der Waals surface area contributed by atoms with Crippen molar-refractivity contribution in [1.29, 1.82) is 0 Å². The highest BCUT2D eigenvalue weighted by molar-refractivity contribution is 7.80. The number of ether oxygens (including phenoxy) is 1. The first-order valence-corrected chi connectivity index (χ1v) is 11.0. The Hall–Kier alpha value is -2.96. The number of pyridine rings is 1. The second kappa shape index (κ2) is 9.90. The molecule has 2 heterocycles. The van der Waals surface area contributed by atoms with Gasteiger partial charge in [0.2, 0.25) is 0 Å². The number of rotatable bonds is 6. The molecule has 160 valence electrons. The molecule has 31 heavy (non-hydrogen) atoms. The van der Waals surface area contributed by atoms with Crippen LogP contribution in [0.3, 0.4) is 0 Å². The molecule has 3 N–H and O–H groups in total. The molecule has 0 radical (unpaired) electrons. The molecule has 0 aliphatic carbocycles. The zero-order valence-corrected chi connectivity index (χ0v) is 18.5. The molecule has 3 aromatic rings. The van der Waals surface area contributed by atoms with Gasteiger partial charge in [-0.15, -0.1) is 0 Å². The lowest BCUT2D eigenvalue weighted by molar-refractivity contribution is 0.0515. The summed E-state index contributed by atoms with van der Waals surface area (Å²) in [5, 5.41) is 10.6. The van der Waals surface area contributed by atoms with E-state index in [1.165, 1.54) is 11.1 Å². The fourth-order valence-electron chi connectivity index (χ4n) is 3.87. The van der Waals surface area contributed by atoms with Crippen LogP contribution in [0.4, 0.5) is 17.2 Å². The number of nitrogens with one attached hydrogen (secondary N) is 3. The van der Waals surface area contributed by atoms with E-state index in [2.05, 4.69) is 70.3 Å². The van der Waals surface area contributed by atoms with Gasteiger partial charge in [-0.3, -0.25) is 0 Å². The summed E-state index contributed by atoms with van der Waals surface area (Å²) in [7, 11) is 0. The van der Waals surface area contributed by atoms with E-state index in [1.807, 2.05) is 24.3 Å². The van der Waals surface area contributed by atoms with Crippen molar-refractivity contribution in [3.63, 3.8) is 0 Å². The number of benzene rings is 2. The van der Waals surface area contributed by atoms with Crippen molar-refractivity contribution in [2.75, 3.05) is 30.4 Å². The average molecular weight is 433 g/mol. The van der Waals surface area contributed by atoms with Crippen LogP contribution in [0, 0.1) is 6.92 Å². The van der Waals surface area contributed by atoms with E-state index in [9.17, 15) is 0 Å². The monoisotopic (exact) mass is 432 g/mol. The van der Waals surface area contributed by atoms with Gasteiger partial charge in [0.15, 0.2) is 5.11 Å². The summed E-state index contributed by atoms with van der Waals surface area (Å²) in [5.41, 5.74) is 4.47. The molecule has 5 nitrogen and oxygen atoms in total. The van der Waals surface area contributed by atoms with Crippen molar-refractivity contribution in [3.8, 4) is 0 Å². The minimum absolute atomic E-state index is 0.0331. The predicted molar refractivity (Wildman–Crippen MR) is 131 cm³/mol. The number of nitrogens with zero attached hydrogens (tertiary/aromatic N) is 1. The Kier molecular flexibility index (Phi) is 6.79. The van der Waals surface area contributed by atoms with E-state index in [-0.39, 0.29) is 5.41 Å². The van der Waals surface area contributed by atoms with Crippen LogP contribution >= 0.6 is 12.2 Å². The van der Waals surface area contributed by atoms with Crippen molar-refractivity contribution >= 4 is 34.5 Å². The summed E-state index contributed by atoms with van der Waals surface area (Å²) in [4.78, 5) is 4.48. The highest BCUT2D eigenvalue weighted by Gasteiger charge is 2.34. The molecule has 1 fully saturated rings. The van der Waals surface area contributed by atoms with Crippen molar-refractivity contribution in [3.05, 3.63) is 84.1 Å². The minimum Gasteiger partial charge on any atom is -0.381 e. The lowest BCUT2D eigenvalue weighted by Crippen LogP contribution is -2.45. The smallest absolute Gasteiger partial charge is 0.170 e. The molecule has 2 aromatic carbocycles. The first-order chi connectivity index (χ1) is 15.1. The van der Waals surface area contributed by atoms with Crippen LogP contribution in [-0.4, -0.2) is 29.9 Å². The lowest BCUT2D eigenvalue weighted by atomic mass is 9.74. The van der Waals surface area contributed by atoms with Gasteiger partial charge in [0.25, 0.3) is 0 Å². The van der Waals surface area contributed by atoms with E-state index in [4.69, 9.17) is 17.0 Å². The standard InChI is InChI=1S/C25H28N4OS/c1-19-7-9-21(10-8-19)28-23-12-11-22(17-26-23)29-24(31)27-18-25(13-15-30-16-14-25)20-5-3-2-4-6-20/h2-12,17H,13-16,18H2,1H3,(H,26,28)(H2,27,29,31). The molecule has 1 aliphatic rings. The molecule has 1 aliphatic heterocycles. The SMILES string of the molecule is Cc1ccc(Nc2ccc(NC(=S)NCC3(c4ccccc4)CCOCC3)cn2)cc1. The fraction of sp³-hybridized carbons (Fsp3) is 0.280. The molecule has 6 heteroatoms. The molecule has 0 amide bonds. The number of hydrogen-bond acceptors (Lipinski definition) is 4. The molecule has 0 unspecified atom stereocenters. The van der Waals surface area contributed by atoms with Gasteiger partial charge in [0, 0.05) is 30.9 Å². The molecule has 0 spiro atoms. The van der Waals surface area contributed by atoms with Crippen LogP contribution in [-0.2, 0) is 10.2 Å². The zero-order valence-electron chi connectivity index (χ0n) is 17.7. The summed E-state index contributed by atoms with van der Waals surface area (Å²) in [6.07, 6.45) is 3.74. The first-order valence-electron chi connectivity index (χ1n) is 10.6. The van der Waals surface area contributed by atoms with Crippen LogP contribution < -0.4 is 16.0 Å². The largest absolute Gasteiger partial charge is 0.381 e. The Morgan fingerprint density at radius 3 is 2.35 bits per heavy atom. The predicted octanol–water partition coefficient (Wildman–Crippen LogP) is 5.17. The maximum atomic E-state index is 5.62. The van der Waals surface area contributed by atoms with Gasteiger partial charge in [-0.1, -0.05) is 48.0 Å². The van der Waals surface area contributed by atoms with E-state index in [1.54, 1.807) is 6.20 Å². The van der Waals surface area contributed by atoms with E-state index >= 15 is 0 Å². The highest BCUT2D eigenvalue weighted by atomic mass is 32.1. The molecule has 0 bridgehead atoms. The Labute approximate surface area is 189 Å². The lowest BCUT2D eigenvalue weighted by Gasteiger charge is -2.38. The Bertz CT molecular complexity index is 984. The molecule has 0 atom stereocenters. The maximum absolute atomic E-state index is 5.62. The summed E-state index contributed by atoms with van der Waals surface area (Å²) in [6, 6.07) is 22.8. The van der Waals surface area contributed by atoms with Crippen molar-refractivity contribution in [2.24, 2.45) is 0 Å². The van der Waals surface area contributed by atoms with Gasteiger partial charge >= 0.3 is 0 Å². The van der Waals surface area contributed by atoms with Gasteiger partial charge in [0.05, 0.1) is 11.9 Å². The summed E-state index contributed by atoms with van der Waals surface area (Å²) in [5.74, 6) is 0.790. The fourth-order valence-corrected chi connectivity index (χ4v) is 4.06. The van der Waals surface area contributed by atoms with Crippen LogP contribution in [0.15, 0.2) is 72.9 Å². The number of aromatic nitrogens is 1. The van der Waals surface area contributed by atoms with Crippen LogP contribution in [0.2, 0.25) is 0 Å². The summed E-state index contributed by atoms with van der Waals surface area (Å²) in [6.45, 7) is 4.39. The number of anilines is 3. The number of hydrogen-bond donors (Lipinski definition) is 3. The Balaban J connectivity index is 1.34. The van der Waals surface area contributed by atoms with Gasteiger partial charge in [-0.25, -0.2) is 4.98 Å². The minimum atomic E-state index is 0.0331. The Morgan fingerprint density at radius 1 is 0.968 bits per heavy atom. The number of aryl methyl sites for hydroxylation is 1. The summed E-state index contributed by atoms with van der Waals surface area (Å²) >= 11 is 5.56. The molecule has 1 aromatic heterocycles. The van der Waals surface area contributed by atoms with Crippen molar-refractivity contribution < 1.29 is 4.74 Å². The van der Waals surface area contributed by atoms with E-state index in [0.717, 1.165) is 49.8 Å². The van der Waals surface area contributed by atoms with Crippen LogP contribution in [0.1, 0.15) is 24.0 Å². The third-order valence-electron chi connectivity index (χ3n) is 5.77. The third kappa shape index (κ3) is 5.60. The molecule has 1 saturated heterocycles. The second-order valence-corrected chi connectivity index (χ2v) is 8.40. The molecular weight excluding hydrogens is 404 g/mol. The van der Waals surface area contributed by atoms with Gasteiger partial charge < -0.3 is 20.7 Å². The van der Waals surface area contributed by atoms with Crippen LogP contribution in [0.5, 0.6) is 0 Å². The maximum Gasteiger partial charge on any atom is 0.170 e. The van der Waals surface area contributed by atoms with E-state index < -0.39 is 0 Å². The topological polar surface area (TPSA) is 58.2 Å². The second-order valence-electron chi connectivity index (χ2n) is 7.99. The third-order valence-corrected chi connectivity index (χ3v) is 6.02. The molecule has 0 saturated carbocycles. The van der Waals surface area contributed by atoms with Crippen molar-refractivity contribution in [1.82, 2.24) is 10.3 Å². The van der Waals surface area contributed by atoms with Gasteiger partial charge in [-0.05, 0) is 61.8 Å².